The van der Waals surface area contributed by atoms with Crippen LogP contribution in [0.1, 0.15) is 37.1 Å². The van der Waals surface area contributed by atoms with E-state index in [1.807, 2.05) is 54.4 Å². The standard InChI is InChI=1S/C21H25N5O/c1-3-12-26-19(24-18-5-4-11-22-20(18)26)16-10-13-25(14-16)21(27)23-17-8-6-15(2)7-9-17/h4-9,11,16H,3,10,12-14H2,1-2H3,(H,23,27)/t16-/m1/s1. The second kappa shape index (κ2) is 7.39. The van der Waals surface area contributed by atoms with Crippen LogP contribution in [0.3, 0.4) is 0 Å². The molecule has 0 bridgehead atoms. The minimum Gasteiger partial charge on any atom is -0.324 e. The van der Waals surface area contributed by atoms with E-state index < -0.39 is 0 Å². The monoisotopic (exact) mass is 363 g/mol. The van der Waals surface area contributed by atoms with Crippen molar-refractivity contribution < 1.29 is 4.79 Å². The maximum atomic E-state index is 12.6. The molecule has 0 spiro atoms. The molecular formula is C21H25N5O. The summed E-state index contributed by atoms with van der Waals surface area (Å²) in [6.45, 7) is 6.52. The lowest BCUT2D eigenvalue weighted by Crippen LogP contribution is -2.33. The van der Waals surface area contributed by atoms with E-state index in [9.17, 15) is 4.79 Å². The third kappa shape index (κ3) is 3.52. The maximum absolute atomic E-state index is 12.6. The highest BCUT2D eigenvalue weighted by atomic mass is 16.2. The zero-order chi connectivity index (χ0) is 18.8. The molecule has 0 saturated carbocycles. The van der Waals surface area contributed by atoms with Crippen LogP contribution in [0.15, 0.2) is 42.6 Å². The molecule has 1 atom stereocenters. The molecular weight excluding hydrogens is 338 g/mol. The van der Waals surface area contributed by atoms with Gasteiger partial charge in [0.05, 0.1) is 0 Å². The number of aromatic nitrogens is 3. The number of fused-ring (bicyclic) bond motifs is 1. The van der Waals surface area contributed by atoms with Crippen molar-refractivity contribution in [3.05, 3.63) is 54.0 Å². The molecule has 1 aliphatic rings. The third-order valence-corrected chi connectivity index (χ3v) is 5.12. The maximum Gasteiger partial charge on any atom is 0.321 e. The fourth-order valence-corrected chi connectivity index (χ4v) is 3.73. The number of urea groups is 1. The molecule has 27 heavy (non-hydrogen) atoms. The summed E-state index contributed by atoms with van der Waals surface area (Å²) in [6.07, 6.45) is 3.77. The van der Waals surface area contributed by atoms with E-state index in [-0.39, 0.29) is 11.9 Å². The van der Waals surface area contributed by atoms with E-state index >= 15 is 0 Å². The molecule has 4 rings (SSSR count). The SMILES string of the molecule is CCCn1c([C@@H]2CCN(C(=O)Nc3ccc(C)cc3)C2)nc2cccnc21. The number of carbonyl (C=O) groups is 1. The van der Waals surface area contributed by atoms with E-state index in [1.54, 1.807) is 0 Å². The van der Waals surface area contributed by atoms with Crippen LogP contribution in [0.4, 0.5) is 10.5 Å². The lowest BCUT2D eigenvalue weighted by Gasteiger charge is -2.18. The minimum atomic E-state index is -0.0439. The molecule has 0 unspecified atom stereocenters. The number of amides is 2. The fraction of sp³-hybridized carbons (Fsp3) is 0.381. The summed E-state index contributed by atoms with van der Waals surface area (Å²) in [5.41, 5.74) is 3.88. The summed E-state index contributed by atoms with van der Waals surface area (Å²) in [7, 11) is 0. The highest BCUT2D eigenvalue weighted by Crippen LogP contribution is 2.29. The average Bonchev–Trinajstić information content (AvgIpc) is 3.29. The Labute approximate surface area is 159 Å². The van der Waals surface area contributed by atoms with Gasteiger partial charge < -0.3 is 14.8 Å². The molecule has 1 fully saturated rings. The molecule has 2 aromatic heterocycles. The van der Waals surface area contributed by atoms with Crippen molar-refractivity contribution in [1.82, 2.24) is 19.4 Å². The number of hydrogen-bond donors (Lipinski definition) is 1. The number of benzene rings is 1. The van der Waals surface area contributed by atoms with E-state index in [0.29, 0.717) is 6.54 Å². The van der Waals surface area contributed by atoms with E-state index in [2.05, 4.69) is 21.8 Å². The number of likely N-dealkylation sites (tertiary alicyclic amines) is 1. The number of aryl methyl sites for hydroxylation is 2. The first-order valence-corrected chi connectivity index (χ1v) is 9.59. The Morgan fingerprint density at radius 2 is 2.07 bits per heavy atom. The Bertz CT molecular complexity index is 947. The number of carbonyl (C=O) groups excluding carboxylic acids is 1. The van der Waals surface area contributed by atoms with Crippen LogP contribution in [-0.2, 0) is 6.54 Å². The lowest BCUT2D eigenvalue weighted by molar-refractivity contribution is 0.222. The van der Waals surface area contributed by atoms with Crippen LogP contribution in [-0.4, -0.2) is 38.6 Å². The van der Waals surface area contributed by atoms with E-state index in [0.717, 1.165) is 48.6 Å². The quantitative estimate of drug-likeness (QED) is 0.757. The Hall–Kier alpha value is -2.89. The van der Waals surface area contributed by atoms with Crippen molar-refractivity contribution in [2.75, 3.05) is 18.4 Å². The molecule has 3 aromatic rings. The van der Waals surface area contributed by atoms with Crippen LogP contribution in [0.25, 0.3) is 11.2 Å². The molecule has 6 nitrogen and oxygen atoms in total. The Morgan fingerprint density at radius 1 is 1.26 bits per heavy atom. The molecule has 1 aromatic carbocycles. The van der Waals surface area contributed by atoms with Crippen LogP contribution in [0, 0.1) is 6.92 Å². The first kappa shape index (κ1) is 17.5. The van der Waals surface area contributed by atoms with Crippen LogP contribution < -0.4 is 5.32 Å². The van der Waals surface area contributed by atoms with Gasteiger partial charge in [0.2, 0.25) is 0 Å². The van der Waals surface area contributed by atoms with Gasteiger partial charge in [-0.2, -0.15) is 0 Å². The van der Waals surface area contributed by atoms with Gasteiger partial charge in [-0.15, -0.1) is 0 Å². The lowest BCUT2D eigenvalue weighted by atomic mass is 10.1. The second-order valence-electron chi connectivity index (χ2n) is 7.20. The van der Waals surface area contributed by atoms with Crippen LogP contribution in [0.5, 0.6) is 0 Å². The van der Waals surface area contributed by atoms with Gasteiger partial charge in [0.25, 0.3) is 0 Å². The molecule has 1 aliphatic heterocycles. The van der Waals surface area contributed by atoms with Gasteiger partial charge in [-0.05, 0) is 44.0 Å². The number of nitrogens with zero attached hydrogens (tertiary/aromatic N) is 4. The largest absolute Gasteiger partial charge is 0.324 e. The normalized spacial score (nSPS) is 16.8. The van der Waals surface area contributed by atoms with E-state index in [4.69, 9.17) is 4.98 Å². The molecule has 1 saturated heterocycles. The summed E-state index contributed by atoms with van der Waals surface area (Å²) in [6, 6.07) is 11.8. The predicted molar refractivity (Wildman–Crippen MR) is 107 cm³/mol. The van der Waals surface area contributed by atoms with Crippen molar-refractivity contribution in [3.8, 4) is 0 Å². The number of pyridine rings is 1. The first-order chi connectivity index (χ1) is 13.2. The molecule has 0 aliphatic carbocycles. The molecule has 1 N–H and O–H groups in total. The number of anilines is 1. The fourth-order valence-electron chi connectivity index (χ4n) is 3.73. The van der Waals surface area contributed by atoms with Gasteiger partial charge >= 0.3 is 6.03 Å². The average molecular weight is 363 g/mol. The summed E-state index contributed by atoms with van der Waals surface area (Å²) in [5, 5.41) is 3.00. The van der Waals surface area contributed by atoms with Gasteiger partial charge in [-0.3, -0.25) is 0 Å². The highest BCUT2D eigenvalue weighted by Gasteiger charge is 2.31. The summed E-state index contributed by atoms with van der Waals surface area (Å²) in [5.74, 6) is 1.30. The third-order valence-electron chi connectivity index (χ3n) is 5.12. The van der Waals surface area contributed by atoms with Crippen molar-refractivity contribution in [2.45, 2.75) is 39.2 Å². The predicted octanol–water partition coefficient (Wildman–Crippen LogP) is 4.17. The first-order valence-electron chi connectivity index (χ1n) is 9.59. The van der Waals surface area contributed by atoms with Gasteiger partial charge in [0.15, 0.2) is 5.65 Å². The summed E-state index contributed by atoms with van der Waals surface area (Å²) >= 11 is 0. The van der Waals surface area contributed by atoms with Crippen molar-refractivity contribution in [2.24, 2.45) is 0 Å². The highest BCUT2D eigenvalue weighted by molar-refractivity contribution is 5.89. The zero-order valence-corrected chi connectivity index (χ0v) is 15.9. The van der Waals surface area contributed by atoms with Crippen LogP contribution in [0.2, 0.25) is 0 Å². The van der Waals surface area contributed by atoms with Crippen molar-refractivity contribution in [3.63, 3.8) is 0 Å². The number of rotatable bonds is 4. The summed E-state index contributed by atoms with van der Waals surface area (Å²) < 4.78 is 2.22. The molecule has 2 amide bonds. The van der Waals surface area contributed by atoms with E-state index in [1.165, 1.54) is 5.56 Å². The van der Waals surface area contributed by atoms with Gasteiger partial charge in [0.1, 0.15) is 11.3 Å². The Balaban J connectivity index is 1.51. The van der Waals surface area contributed by atoms with Gasteiger partial charge in [0, 0.05) is 37.4 Å². The topological polar surface area (TPSA) is 63.1 Å². The van der Waals surface area contributed by atoms with Crippen molar-refractivity contribution in [1.29, 1.82) is 0 Å². The number of nitrogens with one attached hydrogen (secondary N) is 1. The van der Waals surface area contributed by atoms with Crippen molar-refractivity contribution >= 4 is 22.9 Å². The number of hydrogen-bond acceptors (Lipinski definition) is 3. The van der Waals surface area contributed by atoms with Crippen LogP contribution >= 0.6 is 0 Å². The van der Waals surface area contributed by atoms with Gasteiger partial charge in [-0.25, -0.2) is 14.8 Å². The minimum absolute atomic E-state index is 0.0439. The number of imidazole rings is 1. The Morgan fingerprint density at radius 3 is 2.85 bits per heavy atom. The smallest absolute Gasteiger partial charge is 0.321 e. The molecule has 3 heterocycles. The second-order valence-corrected chi connectivity index (χ2v) is 7.20. The molecule has 140 valence electrons. The zero-order valence-electron chi connectivity index (χ0n) is 15.9. The summed E-state index contributed by atoms with van der Waals surface area (Å²) in [4.78, 5) is 23.9. The molecule has 0 radical (unpaired) electrons. The Kier molecular flexibility index (Phi) is 4.79. The molecule has 6 heteroatoms. The van der Waals surface area contributed by atoms with Gasteiger partial charge in [-0.1, -0.05) is 24.6 Å².